The van der Waals surface area contributed by atoms with Crippen LogP contribution in [0, 0.1) is 10.1 Å². The Bertz CT molecular complexity index is 1340. The Labute approximate surface area is 160 Å². The van der Waals surface area contributed by atoms with Gasteiger partial charge in [0, 0.05) is 40.4 Å². The fraction of sp³-hybridized carbons (Fsp3) is 0. The molecule has 2 heterocycles. The quantitative estimate of drug-likeness (QED) is 0.302. The largest absolute Gasteiger partial charge is 0.309 e. The summed E-state index contributed by atoms with van der Waals surface area (Å²) in [5, 5.41) is 13.4. The summed E-state index contributed by atoms with van der Waals surface area (Å²) in [7, 11) is 0. The molecule has 0 saturated carbocycles. The molecule has 0 amide bonds. The summed E-state index contributed by atoms with van der Waals surface area (Å²) in [6.45, 7) is 0. The normalized spacial score (nSPS) is 11.1. The summed E-state index contributed by atoms with van der Waals surface area (Å²) >= 11 is 0. The van der Waals surface area contributed by atoms with Gasteiger partial charge in [-0.1, -0.05) is 36.4 Å². The average Bonchev–Trinajstić information content (AvgIpc) is 3.08. The Morgan fingerprint density at radius 3 is 2.43 bits per heavy atom. The molecule has 0 aliphatic carbocycles. The van der Waals surface area contributed by atoms with E-state index in [1.54, 1.807) is 18.3 Å². The highest BCUT2D eigenvalue weighted by atomic mass is 16.6. The van der Waals surface area contributed by atoms with Gasteiger partial charge in [-0.3, -0.25) is 15.1 Å². The lowest BCUT2D eigenvalue weighted by molar-refractivity contribution is -0.384. The maximum Gasteiger partial charge on any atom is 0.271 e. The lowest BCUT2D eigenvalue weighted by Crippen LogP contribution is -1.95. The van der Waals surface area contributed by atoms with Crippen LogP contribution in [0.5, 0.6) is 0 Å². The number of hydrogen-bond acceptors (Lipinski definition) is 3. The second-order valence-corrected chi connectivity index (χ2v) is 6.58. The van der Waals surface area contributed by atoms with Crippen molar-refractivity contribution in [3.63, 3.8) is 0 Å². The van der Waals surface area contributed by atoms with Crippen molar-refractivity contribution in [1.82, 2.24) is 9.55 Å². The number of nitro benzene ring substituents is 1. The number of para-hydroxylation sites is 1. The van der Waals surface area contributed by atoms with Crippen LogP contribution in [0.1, 0.15) is 0 Å². The molecule has 0 saturated heterocycles. The van der Waals surface area contributed by atoms with Crippen molar-refractivity contribution >= 4 is 27.5 Å². The molecule has 0 unspecified atom stereocenters. The fourth-order valence-corrected chi connectivity index (χ4v) is 3.69. The first-order valence-corrected chi connectivity index (χ1v) is 8.92. The predicted octanol–water partition coefficient (Wildman–Crippen LogP) is 5.75. The molecule has 5 rings (SSSR count). The zero-order valence-electron chi connectivity index (χ0n) is 14.8. The molecule has 5 aromatic rings. The second kappa shape index (κ2) is 6.32. The van der Waals surface area contributed by atoms with Crippen molar-refractivity contribution in [3.05, 3.63) is 101 Å². The van der Waals surface area contributed by atoms with Gasteiger partial charge in [0.05, 0.1) is 21.7 Å². The minimum atomic E-state index is -0.355. The van der Waals surface area contributed by atoms with E-state index in [9.17, 15) is 10.1 Å². The molecule has 5 nitrogen and oxygen atoms in total. The van der Waals surface area contributed by atoms with Gasteiger partial charge in [-0.05, 0) is 36.4 Å². The van der Waals surface area contributed by atoms with Gasteiger partial charge in [-0.15, -0.1) is 0 Å². The molecule has 5 heteroatoms. The number of hydrogen-bond donors (Lipinski definition) is 0. The smallest absolute Gasteiger partial charge is 0.271 e. The average molecular weight is 365 g/mol. The van der Waals surface area contributed by atoms with Gasteiger partial charge in [0.1, 0.15) is 0 Å². The molecule has 28 heavy (non-hydrogen) atoms. The number of nitrogens with zero attached hydrogens (tertiary/aromatic N) is 3. The summed E-state index contributed by atoms with van der Waals surface area (Å²) in [5.41, 5.74) is 4.72. The third-order valence-corrected chi connectivity index (χ3v) is 4.93. The summed E-state index contributed by atoms with van der Waals surface area (Å²) in [6.07, 6.45) is 1.77. The van der Waals surface area contributed by atoms with Crippen molar-refractivity contribution in [2.24, 2.45) is 0 Å². The molecule has 0 bridgehead atoms. The molecule has 134 valence electrons. The van der Waals surface area contributed by atoms with Crippen LogP contribution in [0.2, 0.25) is 0 Å². The maximum absolute atomic E-state index is 11.3. The molecular weight excluding hydrogens is 350 g/mol. The topological polar surface area (TPSA) is 61.0 Å². The Hall–Kier alpha value is -3.99. The lowest BCUT2D eigenvalue weighted by Gasteiger charge is -2.10. The summed E-state index contributed by atoms with van der Waals surface area (Å²) in [6, 6.07) is 27.0. The predicted molar refractivity (Wildman–Crippen MR) is 111 cm³/mol. The van der Waals surface area contributed by atoms with Crippen molar-refractivity contribution in [3.8, 4) is 16.9 Å². The Kier molecular flexibility index (Phi) is 3.66. The third kappa shape index (κ3) is 2.53. The zero-order chi connectivity index (χ0) is 19.1. The number of rotatable bonds is 3. The van der Waals surface area contributed by atoms with Crippen LogP contribution in [0.25, 0.3) is 38.8 Å². The molecule has 0 radical (unpaired) electrons. The highest BCUT2D eigenvalue weighted by Crippen LogP contribution is 2.34. The van der Waals surface area contributed by atoms with Crippen LogP contribution in [0.4, 0.5) is 5.69 Å². The number of benzene rings is 3. The Balaban J connectivity index is 1.82. The number of pyridine rings is 1. The first-order chi connectivity index (χ1) is 13.7. The summed E-state index contributed by atoms with van der Waals surface area (Å²) in [5.74, 6) is 0. The van der Waals surface area contributed by atoms with Crippen molar-refractivity contribution in [2.75, 3.05) is 0 Å². The van der Waals surface area contributed by atoms with Crippen molar-refractivity contribution in [1.29, 1.82) is 0 Å². The van der Waals surface area contributed by atoms with Crippen LogP contribution in [-0.2, 0) is 0 Å². The molecule has 3 aromatic carbocycles. The van der Waals surface area contributed by atoms with Crippen LogP contribution >= 0.6 is 0 Å². The van der Waals surface area contributed by atoms with Gasteiger partial charge in [0.2, 0.25) is 0 Å². The molecule has 0 atom stereocenters. The number of nitro groups is 1. The Morgan fingerprint density at radius 2 is 1.61 bits per heavy atom. The maximum atomic E-state index is 11.3. The molecule has 0 fully saturated rings. The molecular formula is C23H15N3O2. The van der Waals surface area contributed by atoms with Gasteiger partial charge in [-0.2, -0.15) is 0 Å². The van der Waals surface area contributed by atoms with E-state index < -0.39 is 0 Å². The molecule has 0 aliphatic rings. The summed E-state index contributed by atoms with van der Waals surface area (Å²) < 4.78 is 2.07. The third-order valence-electron chi connectivity index (χ3n) is 4.93. The van der Waals surface area contributed by atoms with Crippen molar-refractivity contribution < 1.29 is 4.92 Å². The highest BCUT2D eigenvalue weighted by Gasteiger charge is 2.16. The van der Waals surface area contributed by atoms with E-state index in [1.165, 1.54) is 0 Å². The molecule has 0 N–H and O–H groups in total. The fourth-order valence-electron chi connectivity index (χ4n) is 3.69. The lowest BCUT2D eigenvalue weighted by atomic mass is 10.1. The van der Waals surface area contributed by atoms with Crippen molar-refractivity contribution in [2.45, 2.75) is 0 Å². The SMILES string of the molecule is O=[N+]([O-])c1ccc2c3ccccc3n(-c3cccc(-c4ccccn4)c3)c2c1. The van der Waals surface area contributed by atoms with Gasteiger partial charge in [0.15, 0.2) is 0 Å². The van der Waals surface area contributed by atoms with Crippen LogP contribution in [-0.4, -0.2) is 14.5 Å². The van der Waals surface area contributed by atoms with E-state index >= 15 is 0 Å². The molecule has 0 aliphatic heterocycles. The van der Waals surface area contributed by atoms with Gasteiger partial charge < -0.3 is 4.57 Å². The standard InChI is InChI=1S/C23H15N3O2/c27-26(28)18-11-12-20-19-8-1-2-10-22(19)25(23(20)15-18)17-7-5-6-16(14-17)21-9-3-4-13-24-21/h1-15H. The number of aromatic nitrogens is 2. The van der Waals surface area contributed by atoms with Crippen LogP contribution < -0.4 is 0 Å². The van der Waals surface area contributed by atoms with Gasteiger partial charge >= 0.3 is 0 Å². The van der Waals surface area contributed by atoms with E-state index in [0.717, 1.165) is 38.8 Å². The second-order valence-electron chi connectivity index (χ2n) is 6.58. The monoisotopic (exact) mass is 365 g/mol. The van der Waals surface area contributed by atoms with Crippen LogP contribution in [0.15, 0.2) is 91.1 Å². The number of non-ortho nitro benzene ring substituents is 1. The molecule has 0 spiro atoms. The molecule has 2 aromatic heterocycles. The zero-order valence-corrected chi connectivity index (χ0v) is 14.8. The van der Waals surface area contributed by atoms with Gasteiger partial charge in [-0.25, -0.2) is 0 Å². The first-order valence-electron chi connectivity index (χ1n) is 8.92. The van der Waals surface area contributed by atoms with E-state index in [0.29, 0.717) is 0 Å². The summed E-state index contributed by atoms with van der Waals surface area (Å²) in [4.78, 5) is 15.4. The minimum Gasteiger partial charge on any atom is -0.309 e. The highest BCUT2D eigenvalue weighted by molar-refractivity contribution is 6.09. The van der Waals surface area contributed by atoms with Gasteiger partial charge in [0.25, 0.3) is 5.69 Å². The van der Waals surface area contributed by atoms with Crippen LogP contribution in [0.3, 0.4) is 0 Å². The van der Waals surface area contributed by atoms with E-state index in [-0.39, 0.29) is 10.6 Å². The first kappa shape index (κ1) is 16.2. The minimum absolute atomic E-state index is 0.0810. The Morgan fingerprint density at radius 1 is 0.786 bits per heavy atom. The van der Waals surface area contributed by atoms with E-state index in [2.05, 4.69) is 15.6 Å². The van der Waals surface area contributed by atoms with E-state index in [4.69, 9.17) is 0 Å². The van der Waals surface area contributed by atoms with E-state index in [1.807, 2.05) is 66.7 Å². The number of fused-ring (bicyclic) bond motifs is 3.